The number of hydrogen-bond acceptors (Lipinski definition) is 7. The molecular weight excluding hydrogens is 444 g/mol. The highest BCUT2D eigenvalue weighted by Crippen LogP contribution is 2.28. The van der Waals surface area contributed by atoms with E-state index in [0.717, 1.165) is 6.07 Å². The number of rotatable bonds is 8. The smallest absolute Gasteiger partial charge is 0.267 e. The van der Waals surface area contributed by atoms with Gasteiger partial charge < -0.3 is 0 Å². The molecule has 0 heterocycles. The van der Waals surface area contributed by atoms with Gasteiger partial charge in [-0.05, 0) is 36.6 Å². The summed E-state index contributed by atoms with van der Waals surface area (Å²) >= 11 is 1.17. The lowest BCUT2D eigenvalue weighted by atomic mass is 10.2. The van der Waals surface area contributed by atoms with Crippen LogP contribution in [0.15, 0.2) is 52.3 Å². The number of amides is 2. The molecule has 2 N–H and O–H groups in total. The van der Waals surface area contributed by atoms with Crippen LogP contribution in [0, 0.1) is 10.1 Å². The number of nitrogens with zero attached hydrogens (tertiary/aromatic N) is 2. The maximum absolute atomic E-state index is 12.6. The normalized spacial score (nSPS) is 11.2. The molecule has 0 saturated carbocycles. The summed E-state index contributed by atoms with van der Waals surface area (Å²) in [5.74, 6) is -1.49. The molecule has 2 rings (SSSR count). The zero-order chi connectivity index (χ0) is 23.2. The number of sulfonamides is 1. The minimum absolute atomic E-state index is 0.0114. The van der Waals surface area contributed by atoms with Gasteiger partial charge in [0, 0.05) is 30.3 Å². The molecule has 0 unspecified atom stereocenters. The molecule has 0 aliphatic rings. The first-order chi connectivity index (χ1) is 14.6. The minimum Gasteiger partial charge on any atom is -0.267 e. The maximum atomic E-state index is 12.6. The number of hydrogen-bond donors (Lipinski definition) is 2. The van der Waals surface area contributed by atoms with Crippen LogP contribution in [0.2, 0.25) is 0 Å². The van der Waals surface area contributed by atoms with Gasteiger partial charge in [-0.2, -0.15) is 4.31 Å². The molecule has 0 saturated heterocycles. The van der Waals surface area contributed by atoms with Crippen LogP contribution in [0.4, 0.5) is 5.69 Å². The van der Waals surface area contributed by atoms with Crippen LogP contribution >= 0.6 is 11.8 Å². The van der Waals surface area contributed by atoms with Crippen molar-refractivity contribution in [2.75, 3.05) is 19.3 Å². The summed E-state index contributed by atoms with van der Waals surface area (Å²) in [6.45, 7) is 3.99. The van der Waals surface area contributed by atoms with Crippen LogP contribution in [-0.4, -0.2) is 48.8 Å². The van der Waals surface area contributed by atoms with Gasteiger partial charge in [0.15, 0.2) is 0 Å². The van der Waals surface area contributed by atoms with Crippen LogP contribution in [0.5, 0.6) is 0 Å². The van der Waals surface area contributed by atoms with Gasteiger partial charge in [0.05, 0.1) is 14.7 Å². The molecule has 0 bridgehead atoms. The van der Waals surface area contributed by atoms with Crippen LogP contribution in [-0.2, 0) is 10.0 Å². The first-order valence-corrected chi connectivity index (χ1v) is 11.9. The first kappa shape index (κ1) is 24.3. The van der Waals surface area contributed by atoms with E-state index in [0.29, 0.717) is 4.90 Å². The van der Waals surface area contributed by atoms with Crippen molar-refractivity contribution in [3.8, 4) is 0 Å². The highest BCUT2D eigenvalue weighted by molar-refractivity contribution is 7.98. The van der Waals surface area contributed by atoms with Crippen molar-refractivity contribution in [2.24, 2.45) is 0 Å². The van der Waals surface area contributed by atoms with E-state index >= 15 is 0 Å². The number of nitrogens with one attached hydrogen (secondary N) is 2. The predicted octanol–water partition coefficient (Wildman–Crippen LogP) is 2.42. The van der Waals surface area contributed by atoms with E-state index in [1.54, 1.807) is 20.1 Å². The number of carbonyl (C=O) groups is 2. The molecule has 0 aliphatic carbocycles. The standard InChI is InChI=1S/C19H22N4O6S2/c1-4-22(5-2)31(28,29)15-8-6-7-13(11-15)18(24)20-21-19(25)14-9-10-17(30-3)16(12-14)23(26)27/h6-12H,4-5H2,1-3H3,(H,20,24)(H,21,25). The Labute approximate surface area is 184 Å². The van der Waals surface area contributed by atoms with E-state index < -0.39 is 26.8 Å². The Morgan fingerprint density at radius 2 is 1.61 bits per heavy atom. The number of thioether (sulfide) groups is 1. The Morgan fingerprint density at radius 1 is 1.03 bits per heavy atom. The molecule has 0 radical (unpaired) electrons. The average Bonchev–Trinajstić information content (AvgIpc) is 2.77. The predicted molar refractivity (Wildman–Crippen MR) is 116 cm³/mol. The molecule has 2 amide bonds. The maximum Gasteiger partial charge on any atom is 0.283 e. The van der Waals surface area contributed by atoms with Crippen molar-refractivity contribution in [1.29, 1.82) is 0 Å². The van der Waals surface area contributed by atoms with E-state index in [1.807, 2.05) is 0 Å². The first-order valence-electron chi connectivity index (χ1n) is 9.19. The Kier molecular flexibility index (Phi) is 8.14. The summed E-state index contributed by atoms with van der Waals surface area (Å²) in [5.41, 5.74) is 4.16. The van der Waals surface area contributed by atoms with Crippen molar-refractivity contribution >= 4 is 39.3 Å². The number of nitro groups is 1. The highest BCUT2D eigenvalue weighted by Gasteiger charge is 2.23. The van der Waals surface area contributed by atoms with E-state index in [2.05, 4.69) is 10.9 Å². The number of hydrazine groups is 1. The Morgan fingerprint density at radius 3 is 2.13 bits per heavy atom. The number of carbonyl (C=O) groups excluding carboxylic acids is 2. The Bertz CT molecular complexity index is 1100. The fraction of sp³-hybridized carbons (Fsp3) is 0.263. The van der Waals surface area contributed by atoms with E-state index in [1.165, 1.54) is 52.5 Å². The van der Waals surface area contributed by atoms with Gasteiger partial charge >= 0.3 is 0 Å². The SMILES string of the molecule is CCN(CC)S(=O)(=O)c1cccc(C(=O)NNC(=O)c2ccc(SC)c([N+](=O)[O-])c2)c1. The average molecular weight is 467 g/mol. The molecule has 31 heavy (non-hydrogen) atoms. The molecule has 2 aromatic rings. The molecule has 0 aliphatic heterocycles. The van der Waals surface area contributed by atoms with Gasteiger partial charge in [0.25, 0.3) is 17.5 Å². The molecule has 0 atom stereocenters. The summed E-state index contributed by atoms with van der Waals surface area (Å²) in [4.78, 5) is 35.6. The lowest BCUT2D eigenvalue weighted by molar-refractivity contribution is -0.387. The largest absolute Gasteiger partial charge is 0.283 e. The lowest BCUT2D eigenvalue weighted by Crippen LogP contribution is -2.41. The lowest BCUT2D eigenvalue weighted by Gasteiger charge is -2.18. The second-order valence-corrected chi connectivity index (χ2v) is 8.96. The Hall–Kier alpha value is -2.96. The molecule has 2 aromatic carbocycles. The third-order valence-corrected chi connectivity index (χ3v) is 7.20. The van der Waals surface area contributed by atoms with Crippen molar-refractivity contribution < 1.29 is 22.9 Å². The molecule has 12 heteroatoms. The van der Waals surface area contributed by atoms with Crippen molar-refractivity contribution in [3.05, 3.63) is 63.7 Å². The summed E-state index contributed by atoms with van der Waals surface area (Å²) in [6, 6.07) is 9.39. The quantitative estimate of drug-likeness (QED) is 0.346. The molecule has 10 nitrogen and oxygen atoms in total. The minimum atomic E-state index is -3.75. The van der Waals surface area contributed by atoms with Crippen LogP contribution in [0.25, 0.3) is 0 Å². The molecule has 166 valence electrons. The van der Waals surface area contributed by atoms with E-state index in [9.17, 15) is 28.1 Å². The monoisotopic (exact) mass is 466 g/mol. The highest BCUT2D eigenvalue weighted by atomic mass is 32.2. The van der Waals surface area contributed by atoms with Crippen molar-refractivity contribution in [3.63, 3.8) is 0 Å². The van der Waals surface area contributed by atoms with Gasteiger partial charge in [-0.1, -0.05) is 19.9 Å². The summed E-state index contributed by atoms with van der Waals surface area (Å²) in [6.07, 6.45) is 1.68. The Balaban J connectivity index is 2.16. The van der Waals surface area contributed by atoms with Crippen LogP contribution in [0.3, 0.4) is 0 Å². The fourth-order valence-corrected chi connectivity index (χ4v) is 4.79. The molecule has 0 spiro atoms. The van der Waals surface area contributed by atoms with Gasteiger partial charge in [0.1, 0.15) is 0 Å². The number of nitro benzene ring substituents is 1. The van der Waals surface area contributed by atoms with Crippen molar-refractivity contribution in [1.82, 2.24) is 15.2 Å². The number of benzene rings is 2. The van der Waals surface area contributed by atoms with E-state index in [-0.39, 0.29) is 34.8 Å². The summed E-state index contributed by atoms with van der Waals surface area (Å²) < 4.78 is 26.5. The molecular formula is C19H22N4O6S2. The second kappa shape index (κ2) is 10.4. The van der Waals surface area contributed by atoms with E-state index in [4.69, 9.17) is 0 Å². The van der Waals surface area contributed by atoms with Crippen molar-refractivity contribution in [2.45, 2.75) is 23.6 Å². The summed E-state index contributed by atoms with van der Waals surface area (Å²) in [7, 11) is -3.75. The zero-order valence-electron chi connectivity index (χ0n) is 17.1. The third-order valence-electron chi connectivity index (χ3n) is 4.37. The molecule has 0 aromatic heterocycles. The zero-order valence-corrected chi connectivity index (χ0v) is 18.7. The molecule has 0 fully saturated rings. The third kappa shape index (κ3) is 5.60. The summed E-state index contributed by atoms with van der Waals surface area (Å²) in [5, 5.41) is 11.1. The van der Waals surface area contributed by atoms with Gasteiger partial charge in [-0.3, -0.25) is 30.6 Å². The topological polar surface area (TPSA) is 139 Å². The second-order valence-electron chi connectivity index (χ2n) is 6.17. The van der Waals surface area contributed by atoms with Gasteiger partial charge in [-0.25, -0.2) is 8.42 Å². The van der Waals surface area contributed by atoms with Gasteiger partial charge in [0.2, 0.25) is 10.0 Å². The van der Waals surface area contributed by atoms with Crippen LogP contribution < -0.4 is 10.9 Å². The fourth-order valence-electron chi connectivity index (χ4n) is 2.74. The van der Waals surface area contributed by atoms with Gasteiger partial charge in [-0.15, -0.1) is 11.8 Å². The van der Waals surface area contributed by atoms with Crippen LogP contribution in [0.1, 0.15) is 34.6 Å².